The molecule has 0 aliphatic heterocycles. The number of hydrogen-bond donors (Lipinski definition) is 2. The number of ether oxygens (including phenoxy) is 1. The number of aryl methyl sites for hydroxylation is 1. The lowest BCUT2D eigenvalue weighted by molar-refractivity contribution is -0.192. The van der Waals surface area contributed by atoms with Crippen LogP contribution in [-0.4, -0.2) is 55.0 Å². The number of amides is 1. The Labute approximate surface area is 194 Å². The van der Waals surface area contributed by atoms with Crippen molar-refractivity contribution in [2.75, 3.05) is 0 Å². The fraction of sp³-hybridized carbons (Fsp3) is 0.333. The molecule has 0 aliphatic carbocycles. The quantitative estimate of drug-likeness (QED) is 0.482. The Morgan fingerprint density at radius 1 is 1.17 bits per heavy atom. The third kappa shape index (κ3) is 6.01. The van der Waals surface area contributed by atoms with Crippen LogP contribution in [0, 0.1) is 0 Å². The SMILES string of the molecule is Cn1cc(-n2nc(-c3ccc(OC(F)F)cc3)cc(C(=O)NC(C(C)(C)O)C(F)(F)F)c2=O)cn1. The van der Waals surface area contributed by atoms with E-state index in [0.717, 1.165) is 24.6 Å². The summed E-state index contributed by atoms with van der Waals surface area (Å²) in [6.45, 7) is -1.33. The van der Waals surface area contributed by atoms with Crippen molar-refractivity contribution in [3.05, 3.63) is 58.6 Å². The average molecular weight is 501 g/mol. The lowest BCUT2D eigenvalue weighted by Crippen LogP contribution is -2.58. The van der Waals surface area contributed by atoms with Crippen molar-refractivity contribution in [2.45, 2.75) is 38.3 Å². The van der Waals surface area contributed by atoms with E-state index in [4.69, 9.17) is 0 Å². The van der Waals surface area contributed by atoms with Gasteiger partial charge in [-0.1, -0.05) is 0 Å². The number of nitrogens with zero attached hydrogens (tertiary/aromatic N) is 4. The van der Waals surface area contributed by atoms with Gasteiger partial charge in [-0.25, -0.2) is 0 Å². The van der Waals surface area contributed by atoms with E-state index in [9.17, 15) is 36.6 Å². The van der Waals surface area contributed by atoms with Crippen LogP contribution in [0.1, 0.15) is 24.2 Å². The van der Waals surface area contributed by atoms with Crippen LogP contribution in [0.5, 0.6) is 5.75 Å². The molecule has 2 N–H and O–H groups in total. The number of nitrogens with one attached hydrogen (secondary N) is 1. The van der Waals surface area contributed by atoms with Gasteiger partial charge < -0.3 is 15.2 Å². The van der Waals surface area contributed by atoms with Crippen molar-refractivity contribution < 1.29 is 36.6 Å². The van der Waals surface area contributed by atoms with Crippen LogP contribution in [-0.2, 0) is 7.05 Å². The first-order valence-electron chi connectivity index (χ1n) is 9.95. The molecule has 188 valence electrons. The fourth-order valence-electron chi connectivity index (χ4n) is 3.17. The van der Waals surface area contributed by atoms with E-state index in [0.29, 0.717) is 0 Å². The van der Waals surface area contributed by atoms with E-state index in [1.165, 1.54) is 41.3 Å². The minimum Gasteiger partial charge on any atom is -0.435 e. The molecule has 0 radical (unpaired) electrons. The van der Waals surface area contributed by atoms with Crippen molar-refractivity contribution in [1.82, 2.24) is 24.9 Å². The van der Waals surface area contributed by atoms with Crippen LogP contribution in [0.15, 0.2) is 47.5 Å². The zero-order chi connectivity index (χ0) is 26.1. The van der Waals surface area contributed by atoms with Crippen LogP contribution in [0.2, 0.25) is 0 Å². The molecule has 2 heterocycles. The number of aliphatic hydroxyl groups is 1. The molecule has 1 amide bonds. The third-order valence-electron chi connectivity index (χ3n) is 4.78. The van der Waals surface area contributed by atoms with Gasteiger partial charge in [0.25, 0.3) is 11.5 Å². The zero-order valence-corrected chi connectivity index (χ0v) is 18.5. The first-order chi connectivity index (χ1) is 16.2. The topological polar surface area (TPSA) is 111 Å². The molecule has 35 heavy (non-hydrogen) atoms. The number of halogens is 5. The molecule has 14 heteroatoms. The van der Waals surface area contributed by atoms with E-state index in [1.807, 2.05) is 0 Å². The van der Waals surface area contributed by atoms with Gasteiger partial charge in [0, 0.05) is 12.6 Å². The smallest absolute Gasteiger partial charge is 0.411 e. The Bertz CT molecular complexity index is 1250. The van der Waals surface area contributed by atoms with Crippen molar-refractivity contribution in [3.63, 3.8) is 0 Å². The summed E-state index contributed by atoms with van der Waals surface area (Å²) in [5.41, 5.74) is -3.82. The molecule has 0 saturated heterocycles. The molecule has 0 saturated carbocycles. The van der Waals surface area contributed by atoms with E-state index in [2.05, 4.69) is 14.9 Å². The van der Waals surface area contributed by atoms with Crippen LogP contribution in [0.4, 0.5) is 22.0 Å². The molecular formula is C21H20F5N5O4. The zero-order valence-electron chi connectivity index (χ0n) is 18.5. The first kappa shape index (κ1) is 25.8. The van der Waals surface area contributed by atoms with Gasteiger partial charge in [0.2, 0.25) is 0 Å². The maximum Gasteiger partial charge on any atom is 0.411 e. The van der Waals surface area contributed by atoms with Gasteiger partial charge >= 0.3 is 12.8 Å². The third-order valence-corrected chi connectivity index (χ3v) is 4.78. The highest BCUT2D eigenvalue weighted by Crippen LogP contribution is 2.28. The summed E-state index contributed by atoms with van der Waals surface area (Å²) in [4.78, 5) is 25.8. The van der Waals surface area contributed by atoms with Crippen LogP contribution in [0.25, 0.3) is 16.9 Å². The van der Waals surface area contributed by atoms with E-state index >= 15 is 0 Å². The lowest BCUT2D eigenvalue weighted by atomic mass is 9.98. The van der Waals surface area contributed by atoms with Gasteiger partial charge in [0.1, 0.15) is 17.0 Å². The second kappa shape index (κ2) is 9.44. The molecular weight excluding hydrogens is 481 g/mol. The molecule has 3 rings (SSSR count). The van der Waals surface area contributed by atoms with Crippen molar-refractivity contribution in [3.8, 4) is 22.7 Å². The van der Waals surface area contributed by atoms with Crippen molar-refractivity contribution >= 4 is 5.91 Å². The summed E-state index contributed by atoms with van der Waals surface area (Å²) < 4.78 is 71.6. The van der Waals surface area contributed by atoms with Crippen LogP contribution in [0.3, 0.4) is 0 Å². The van der Waals surface area contributed by atoms with Gasteiger partial charge in [0.15, 0.2) is 6.04 Å². The van der Waals surface area contributed by atoms with Crippen molar-refractivity contribution in [2.24, 2.45) is 7.05 Å². The molecule has 1 unspecified atom stereocenters. The first-order valence-corrected chi connectivity index (χ1v) is 9.95. The second-order valence-electron chi connectivity index (χ2n) is 8.04. The number of benzene rings is 1. The highest BCUT2D eigenvalue weighted by atomic mass is 19.4. The number of rotatable bonds is 7. The number of aromatic nitrogens is 4. The van der Waals surface area contributed by atoms with Gasteiger partial charge in [-0.15, -0.1) is 0 Å². The Morgan fingerprint density at radius 3 is 2.29 bits per heavy atom. The second-order valence-corrected chi connectivity index (χ2v) is 8.04. The van der Waals surface area contributed by atoms with Gasteiger partial charge in [0.05, 0.1) is 23.7 Å². The number of carbonyl (C=O) groups is 1. The molecule has 2 aromatic heterocycles. The van der Waals surface area contributed by atoms with Crippen molar-refractivity contribution in [1.29, 1.82) is 0 Å². The predicted molar refractivity (Wildman–Crippen MR) is 112 cm³/mol. The summed E-state index contributed by atoms with van der Waals surface area (Å²) in [7, 11) is 1.55. The molecule has 0 bridgehead atoms. The molecule has 0 aliphatic rings. The average Bonchev–Trinajstić information content (AvgIpc) is 3.16. The minimum absolute atomic E-state index is 0.0333. The summed E-state index contributed by atoms with van der Waals surface area (Å²) in [6.07, 6.45) is -2.39. The summed E-state index contributed by atoms with van der Waals surface area (Å²) in [5, 5.41) is 19.7. The van der Waals surface area contributed by atoms with Crippen LogP contribution < -0.4 is 15.6 Å². The van der Waals surface area contributed by atoms with E-state index < -0.39 is 41.5 Å². The summed E-state index contributed by atoms with van der Waals surface area (Å²) in [6, 6.07) is 3.29. The van der Waals surface area contributed by atoms with Crippen LogP contribution >= 0.6 is 0 Å². The molecule has 0 fully saturated rings. The molecule has 1 atom stereocenters. The minimum atomic E-state index is -5.02. The largest absolute Gasteiger partial charge is 0.435 e. The Hall–Kier alpha value is -3.81. The molecule has 9 nitrogen and oxygen atoms in total. The Balaban J connectivity index is 2.12. The normalized spacial score (nSPS) is 13.1. The number of hydrogen-bond acceptors (Lipinski definition) is 6. The summed E-state index contributed by atoms with van der Waals surface area (Å²) in [5.74, 6) is -1.57. The Morgan fingerprint density at radius 2 is 1.80 bits per heavy atom. The highest BCUT2D eigenvalue weighted by Gasteiger charge is 2.49. The van der Waals surface area contributed by atoms with Gasteiger partial charge in [-0.3, -0.25) is 14.3 Å². The highest BCUT2D eigenvalue weighted by molar-refractivity contribution is 5.95. The predicted octanol–water partition coefficient (Wildman–Crippen LogP) is 2.67. The monoisotopic (exact) mass is 501 g/mol. The maximum atomic E-state index is 13.5. The van der Waals surface area contributed by atoms with E-state index in [1.54, 1.807) is 12.4 Å². The lowest BCUT2D eigenvalue weighted by Gasteiger charge is -2.31. The molecule has 3 aromatic rings. The van der Waals surface area contributed by atoms with E-state index in [-0.39, 0.29) is 22.7 Å². The standard InChI is InChI=1S/C21H20F5N5O4/c1-20(2,34)18(21(24,25)26)28-16(32)14-8-15(11-4-6-13(7-5-11)35-19(22)23)29-31(17(14)33)12-9-27-30(3)10-12/h4-10,18-19,34H,1-3H3,(H,28,32). The number of alkyl halides is 5. The molecule has 0 spiro atoms. The summed E-state index contributed by atoms with van der Waals surface area (Å²) >= 11 is 0. The number of carbonyl (C=O) groups excluding carboxylic acids is 1. The van der Waals surface area contributed by atoms with Gasteiger partial charge in [-0.2, -0.15) is 36.8 Å². The maximum absolute atomic E-state index is 13.5. The fourth-order valence-corrected chi connectivity index (χ4v) is 3.17. The Kier molecular flexibility index (Phi) is 6.96. The van der Waals surface area contributed by atoms with Gasteiger partial charge in [-0.05, 0) is 44.2 Å². The molecule has 1 aromatic carbocycles.